The van der Waals surface area contributed by atoms with Crippen molar-refractivity contribution < 1.29 is 14.8 Å². The molecule has 0 aliphatic rings. The Hall–Kier alpha value is -2.80. The Morgan fingerprint density at radius 2 is 1.84 bits per heavy atom. The van der Waals surface area contributed by atoms with Crippen LogP contribution < -0.4 is 22.2 Å². The second-order valence-corrected chi connectivity index (χ2v) is 4.68. The van der Waals surface area contributed by atoms with Crippen LogP contribution in [0.25, 0.3) is 0 Å². The third-order valence-electron chi connectivity index (χ3n) is 2.84. The molecule has 6 N–H and O–H groups in total. The zero-order chi connectivity index (χ0) is 18.1. The van der Waals surface area contributed by atoms with Crippen molar-refractivity contribution in [2.45, 2.75) is 18.9 Å². The molecule has 12 nitrogen and oxygen atoms in total. The lowest BCUT2D eigenvalue weighted by Gasteiger charge is -2.11. The topological polar surface area (TPSA) is 192 Å². The molecule has 0 aliphatic heterocycles. The number of rotatable bonds is 8. The summed E-state index contributed by atoms with van der Waals surface area (Å²) in [5, 5.41) is 22.3. The summed E-state index contributed by atoms with van der Waals surface area (Å²) in [4.78, 5) is 35.7. The van der Waals surface area contributed by atoms with Gasteiger partial charge in [0.25, 0.3) is 11.6 Å². The number of benzene rings is 1. The molecule has 1 aromatic rings. The smallest absolute Gasteiger partial charge is 0.269 e. The van der Waals surface area contributed by atoms with Gasteiger partial charge in [-0.25, -0.2) is 15.1 Å². The highest BCUT2D eigenvalue weighted by molar-refractivity contribution is 8.93. The van der Waals surface area contributed by atoms with E-state index in [0.29, 0.717) is 12.1 Å². The molecule has 0 saturated heterocycles. The fourth-order valence-corrected chi connectivity index (χ4v) is 1.67. The maximum absolute atomic E-state index is 11.9. The van der Waals surface area contributed by atoms with Gasteiger partial charge in [-0.15, -0.1) is 17.0 Å². The number of nitrogens with one attached hydrogen (secondary N) is 2. The highest BCUT2D eigenvalue weighted by atomic mass is 79.9. The van der Waals surface area contributed by atoms with Crippen molar-refractivity contribution in [1.29, 1.82) is 0 Å². The molecule has 0 spiro atoms. The number of nitro benzene ring substituents is 1. The first-order valence-electron chi connectivity index (χ1n) is 6.81. The van der Waals surface area contributed by atoms with Gasteiger partial charge in [0.15, 0.2) is 5.03 Å². The third kappa shape index (κ3) is 8.57. The summed E-state index contributed by atoms with van der Waals surface area (Å²) in [6.07, 6.45) is 0.684. The molecule has 0 saturated carbocycles. The van der Waals surface area contributed by atoms with E-state index in [1.807, 2.05) is 0 Å². The van der Waals surface area contributed by atoms with Crippen LogP contribution in [0.1, 0.15) is 12.8 Å². The summed E-state index contributed by atoms with van der Waals surface area (Å²) < 4.78 is 0. The minimum Gasteiger partial charge on any atom is -0.365 e. The number of non-ortho nitro benzene ring substituents is 1. The zero-order valence-electron chi connectivity index (χ0n) is 13.0. The highest BCUT2D eigenvalue weighted by Gasteiger charge is 2.14. The van der Waals surface area contributed by atoms with Gasteiger partial charge in [0.1, 0.15) is 0 Å². The number of hydrazine groups is 1. The molecular weight excluding hydrogens is 402 g/mol. The van der Waals surface area contributed by atoms with Crippen molar-refractivity contribution in [2.24, 2.45) is 16.5 Å². The summed E-state index contributed by atoms with van der Waals surface area (Å²) in [5.41, 5.74) is 12.9. The van der Waals surface area contributed by atoms with Gasteiger partial charge >= 0.3 is 0 Å². The molecule has 138 valence electrons. The van der Waals surface area contributed by atoms with Gasteiger partial charge in [-0.2, -0.15) is 0 Å². The van der Waals surface area contributed by atoms with E-state index in [9.17, 15) is 25.0 Å². The predicted molar refractivity (Wildman–Crippen MR) is 95.9 cm³/mol. The number of carbonyl (C=O) groups excluding carboxylic acids is 1. The van der Waals surface area contributed by atoms with Crippen LogP contribution in [0.2, 0.25) is 0 Å². The van der Waals surface area contributed by atoms with Crippen LogP contribution in [-0.2, 0) is 4.79 Å². The van der Waals surface area contributed by atoms with Crippen LogP contribution in [0, 0.1) is 20.2 Å². The van der Waals surface area contributed by atoms with Crippen molar-refractivity contribution in [3.05, 3.63) is 44.5 Å². The van der Waals surface area contributed by atoms with Crippen LogP contribution >= 0.6 is 17.0 Å². The fourth-order valence-electron chi connectivity index (χ4n) is 1.67. The predicted octanol–water partition coefficient (Wildman–Crippen LogP) is 0.315. The third-order valence-corrected chi connectivity index (χ3v) is 2.84. The molecule has 1 amide bonds. The molecular formula is C12H18BrN7O5. The molecule has 1 atom stereocenters. The van der Waals surface area contributed by atoms with Crippen molar-refractivity contribution in [3.8, 4) is 0 Å². The summed E-state index contributed by atoms with van der Waals surface area (Å²) in [7, 11) is 0. The van der Waals surface area contributed by atoms with Crippen LogP contribution in [0.3, 0.4) is 0 Å². The zero-order valence-corrected chi connectivity index (χ0v) is 14.7. The maximum Gasteiger partial charge on any atom is 0.269 e. The Morgan fingerprint density at radius 1 is 1.24 bits per heavy atom. The average Bonchev–Trinajstić information content (AvgIpc) is 2.51. The number of anilines is 1. The van der Waals surface area contributed by atoms with Gasteiger partial charge in [0.05, 0.1) is 11.0 Å². The van der Waals surface area contributed by atoms with E-state index >= 15 is 0 Å². The molecule has 0 heterocycles. The summed E-state index contributed by atoms with van der Waals surface area (Å²) in [6.45, 7) is 0.172. The molecule has 1 rings (SSSR count). The van der Waals surface area contributed by atoms with Crippen molar-refractivity contribution in [3.63, 3.8) is 0 Å². The largest absolute Gasteiger partial charge is 0.365 e. The standard InChI is InChI=1S/C12H17N7O5.BrH/c13-10(2-1-7-15-12(14)17-19(23)24)11(20)16-8-3-5-9(6-4-8)18(21)22;/h3-6,10H,1-2,7,13H2,(H,16,20)(H3,14,15,17);1H/t10-;/m0./s1. The summed E-state index contributed by atoms with van der Waals surface area (Å²) in [5.74, 6) is -0.784. The van der Waals surface area contributed by atoms with Crippen molar-refractivity contribution >= 4 is 40.2 Å². The Labute approximate surface area is 152 Å². The normalized spacial score (nSPS) is 11.8. The molecule has 1 aromatic carbocycles. The average molecular weight is 420 g/mol. The first kappa shape index (κ1) is 22.2. The Bertz CT molecular complexity index is 637. The number of hydrogen-bond donors (Lipinski definition) is 4. The monoisotopic (exact) mass is 419 g/mol. The van der Waals surface area contributed by atoms with E-state index in [-0.39, 0.29) is 41.6 Å². The van der Waals surface area contributed by atoms with Crippen LogP contribution in [0.5, 0.6) is 0 Å². The lowest BCUT2D eigenvalue weighted by molar-refractivity contribution is -0.525. The Balaban J connectivity index is 0.00000576. The van der Waals surface area contributed by atoms with Gasteiger partial charge in [0.2, 0.25) is 5.91 Å². The lowest BCUT2D eigenvalue weighted by atomic mass is 10.1. The number of nitrogens with zero attached hydrogens (tertiary/aromatic N) is 3. The van der Waals surface area contributed by atoms with E-state index in [2.05, 4.69) is 10.3 Å². The first-order chi connectivity index (χ1) is 11.3. The number of guanidine groups is 1. The number of nitro groups is 2. The number of halogens is 1. The number of amides is 1. The maximum atomic E-state index is 11.9. The van der Waals surface area contributed by atoms with E-state index in [4.69, 9.17) is 11.5 Å². The van der Waals surface area contributed by atoms with Crippen LogP contribution in [0.4, 0.5) is 11.4 Å². The SMILES string of the molecule is Br.NC(=NCCC[C@H](N)C(=O)Nc1ccc([N+](=O)[O-])cc1)N[N+](=O)[O-]. The second kappa shape index (κ2) is 10.9. The minimum atomic E-state index is -0.831. The van der Waals surface area contributed by atoms with E-state index in [0.717, 1.165) is 0 Å². The number of hydrogen-bond acceptors (Lipinski definition) is 7. The Morgan fingerprint density at radius 3 is 2.36 bits per heavy atom. The van der Waals surface area contributed by atoms with Crippen molar-refractivity contribution in [2.75, 3.05) is 11.9 Å². The fraction of sp³-hybridized carbons (Fsp3) is 0.333. The van der Waals surface area contributed by atoms with E-state index in [1.165, 1.54) is 24.3 Å². The number of nitrogens with two attached hydrogens (primary N) is 2. The lowest BCUT2D eigenvalue weighted by Crippen LogP contribution is -2.37. The van der Waals surface area contributed by atoms with Gasteiger partial charge in [-0.1, -0.05) is 5.43 Å². The molecule has 0 aromatic heterocycles. The van der Waals surface area contributed by atoms with Gasteiger partial charge in [0, 0.05) is 24.4 Å². The van der Waals surface area contributed by atoms with Crippen molar-refractivity contribution in [1.82, 2.24) is 5.43 Å². The van der Waals surface area contributed by atoms with E-state index < -0.39 is 21.9 Å². The quantitative estimate of drug-likeness (QED) is 0.152. The molecule has 0 unspecified atom stereocenters. The molecule has 0 aliphatic carbocycles. The van der Waals surface area contributed by atoms with Gasteiger partial charge in [-0.05, 0) is 25.0 Å². The summed E-state index contributed by atoms with van der Waals surface area (Å²) in [6, 6.07) is 4.51. The van der Waals surface area contributed by atoms with Gasteiger partial charge < -0.3 is 16.8 Å². The molecule has 0 fully saturated rings. The Kier molecular flexibility index (Phi) is 9.66. The molecule has 0 bridgehead atoms. The molecule has 25 heavy (non-hydrogen) atoms. The second-order valence-electron chi connectivity index (χ2n) is 4.68. The van der Waals surface area contributed by atoms with Gasteiger partial charge in [-0.3, -0.25) is 14.9 Å². The first-order valence-corrected chi connectivity index (χ1v) is 6.81. The minimum absolute atomic E-state index is 0. The van der Waals surface area contributed by atoms with E-state index in [1.54, 1.807) is 5.43 Å². The molecule has 13 heteroatoms. The number of carbonyl (C=O) groups is 1. The number of aliphatic imine (C=N–C) groups is 1. The van der Waals surface area contributed by atoms with Crippen LogP contribution in [-0.4, -0.2) is 34.4 Å². The summed E-state index contributed by atoms with van der Waals surface area (Å²) >= 11 is 0. The highest BCUT2D eigenvalue weighted by Crippen LogP contribution is 2.15. The molecule has 0 radical (unpaired) electrons. The van der Waals surface area contributed by atoms with Crippen LogP contribution in [0.15, 0.2) is 29.3 Å².